The van der Waals surface area contributed by atoms with E-state index in [1.54, 1.807) is 17.0 Å². The molecule has 0 amide bonds. The fourth-order valence-corrected chi connectivity index (χ4v) is 3.51. The molecule has 1 aromatic rings. The second-order valence-electron chi connectivity index (χ2n) is 5.24. The van der Waals surface area contributed by atoms with Crippen LogP contribution in [-0.2, 0) is 0 Å². The molecule has 0 radical (unpaired) electrons. The fourth-order valence-electron chi connectivity index (χ4n) is 2.52. The number of halogens is 1. The van der Waals surface area contributed by atoms with Gasteiger partial charge in [-0.05, 0) is 26.2 Å². The standard InChI is InChI=1S/C13H20BrN3O/c1-9(2)16-7-5-15-12(13(16)18)17-6-4-10(3)11(17)8-14/h5,7,9-11H,4,6,8H2,1-3H3. The van der Waals surface area contributed by atoms with Crippen LogP contribution < -0.4 is 10.5 Å². The Hall–Kier alpha value is -0.840. The summed E-state index contributed by atoms with van der Waals surface area (Å²) in [5.41, 5.74) is 0.0209. The van der Waals surface area contributed by atoms with Crippen LogP contribution in [0.4, 0.5) is 5.82 Å². The smallest absolute Gasteiger partial charge is 0.293 e. The van der Waals surface area contributed by atoms with Crippen LogP contribution in [0, 0.1) is 5.92 Å². The largest absolute Gasteiger partial charge is 0.348 e. The zero-order chi connectivity index (χ0) is 13.3. The molecule has 1 aliphatic rings. The monoisotopic (exact) mass is 313 g/mol. The fraction of sp³-hybridized carbons (Fsp3) is 0.692. The molecule has 1 saturated heterocycles. The lowest BCUT2D eigenvalue weighted by Gasteiger charge is -2.26. The van der Waals surface area contributed by atoms with Gasteiger partial charge in [-0.3, -0.25) is 4.79 Å². The molecule has 4 nitrogen and oxygen atoms in total. The number of nitrogens with zero attached hydrogens (tertiary/aromatic N) is 3. The summed E-state index contributed by atoms with van der Waals surface area (Å²) in [5, 5.41) is 0.881. The molecular weight excluding hydrogens is 294 g/mol. The van der Waals surface area contributed by atoms with Gasteiger partial charge in [0, 0.05) is 36.4 Å². The Labute approximate surface area is 116 Å². The quantitative estimate of drug-likeness (QED) is 0.804. The number of alkyl halides is 1. The highest BCUT2D eigenvalue weighted by Crippen LogP contribution is 2.27. The molecular formula is C13H20BrN3O. The summed E-state index contributed by atoms with van der Waals surface area (Å²) in [4.78, 5) is 18.9. The van der Waals surface area contributed by atoms with E-state index >= 15 is 0 Å². The van der Waals surface area contributed by atoms with Gasteiger partial charge in [-0.15, -0.1) is 0 Å². The van der Waals surface area contributed by atoms with Gasteiger partial charge in [0.1, 0.15) is 0 Å². The average Bonchev–Trinajstić information content (AvgIpc) is 2.70. The van der Waals surface area contributed by atoms with Crippen molar-refractivity contribution in [2.45, 2.75) is 39.3 Å². The van der Waals surface area contributed by atoms with Crippen LogP contribution in [0.5, 0.6) is 0 Å². The van der Waals surface area contributed by atoms with Crippen LogP contribution in [0.15, 0.2) is 17.2 Å². The van der Waals surface area contributed by atoms with Crippen molar-refractivity contribution in [3.05, 3.63) is 22.7 Å². The highest BCUT2D eigenvalue weighted by atomic mass is 79.9. The molecule has 0 bridgehead atoms. The maximum absolute atomic E-state index is 12.4. The maximum atomic E-state index is 12.4. The van der Waals surface area contributed by atoms with Crippen molar-refractivity contribution in [2.75, 3.05) is 16.8 Å². The van der Waals surface area contributed by atoms with Crippen LogP contribution in [0.25, 0.3) is 0 Å². The molecule has 18 heavy (non-hydrogen) atoms. The first-order chi connectivity index (χ1) is 8.56. The van der Waals surface area contributed by atoms with E-state index in [0.29, 0.717) is 17.8 Å². The second kappa shape index (κ2) is 5.43. The number of aromatic nitrogens is 2. The number of anilines is 1. The third-order valence-corrected chi connectivity index (χ3v) is 4.38. The molecule has 100 valence electrons. The van der Waals surface area contributed by atoms with Crippen LogP contribution in [0.2, 0.25) is 0 Å². The molecule has 0 saturated carbocycles. The SMILES string of the molecule is CC1CCN(c2nccn(C(C)C)c2=O)C1CBr. The number of rotatable bonds is 3. The minimum absolute atomic E-state index is 0.0209. The number of hydrogen-bond donors (Lipinski definition) is 0. The van der Waals surface area contributed by atoms with Crippen molar-refractivity contribution >= 4 is 21.7 Å². The first kappa shape index (κ1) is 13.6. The molecule has 2 atom stereocenters. The van der Waals surface area contributed by atoms with E-state index in [1.807, 2.05) is 13.8 Å². The highest BCUT2D eigenvalue weighted by Gasteiger charge is 2.32. The predicted octanol–water partition coefficient (Wildman–Crippen LogP) is 2.43. The van der Waals surface area contributed by atoms with Gasteiger partial charge in [-0.1, -0.05) is 22.9 Å². The van der Waals surface area contributed by atoms with Crippen molar-refractivity contribution < 1.29 is 0 Å². The van der Waals surface area contributed by atoms with E-state index in [-0.39, 0.29) is 11.6 Å². The molecule has 0 aliphatic carbocycles. The Morgan fingerprint density at radius 1 is 1.56 bits per heavy atom. The highest BCUT2D eigenvalue weighted by molar-refractivity contribution is 9.09. The van der Waals surface area contributed by atoms with Crippen LogP contribution in [0.3, 0.4) is 0 Å². The summed E-state index contributed by atoms with van der Waals surface area (Å²) in [6.07, 6.45) is 4.61. The van der Waals surface area contributed by atoms with Gasteiger partial charge in [0.05, 0.1) is 0 Å². The van der Waals surface area contributed by atoms with E-state index in [9.17, 15) is 4.79 Å². The topological polar surface area (TPSA) is 38.1 Å². The molecule has 2 rings (SSSR count). The van der Waals surface area contributed by atoms with E-state index < -0.39 is 0 Å². The second-order valence-corrected chi connectivity index (χ2v) is 5.89. The first-order valence-corrected chi connectivity index (χ1v) is 7.58. The van der Waals surface area contributed by atoms with Crippen molar-refractivity contribution in [1.29, 1.82) is 0 Å². The average molecular weight is 314 g/mol. The van der Waals surface area contributed by atoms with Crippen LogP contribution >= 0.6 is 15.9 Å². The maximum Gasteiger partial charge on any atom is 0.293 e. The summed E-state index contributed by atoms with van der Waals surface area (Å²) in [6.45, 7) is 7.18. The molecule has 0 aromatic carbocycles. The summed E-state index contributed by atoms with van der Waals surface area (Å²) in [5.74, 6) is 1.19. The van der Waals surface area contributed by atoms with E-state index in [4.69, 9.17) is 0 Å². The lowest BCUT2D eigenvalue weighted by atomic mass is 10.1. The zero-order valence-electron chi connectivity index (χ0n) is 11.1. The van der Waals surface area contributed by atoms with Gasteiger partial charge in [-0.2, -0.15) is 0 Å². The van der Waals surface area contributed by atoms with Gasteiger partial charge in [0.15, 0.2) is 5.82 Å². The van der Waals surface area contributed by atoms with E-state index in [0.717, 1.165) is 18.3 Å². The van der Waals surface area contributed by atoms with Gasteiger partial charge in [-0.25, -0.2) is 4.98 Å². The number of hydrogen-bond acceptors (Lipinski definition) is 3. The van der Waals surface area contributed by atoms with Gasteiger partial charge < -0.3 is 9.47 Å². The summed E-state index contributed by atoms with van der Waals surface area (Å²) in [7, 11) is 0. The van der Waals surface area contributed by atoms with Crippen LogP contribution in [-0.4, -0.2) is 27.5 Å². The molecule has 2 heterocycles. The lowest BCUT2D eigenvalue weighted by molar-refractivity contribution is 0.543. The predicted molar refractivity (Wildman–Crippen MR) is 77.6 cm³/mol. The summed E-state index contributed by atoms with van der Waals surface area (Å²) < 4.78 is 1.75. The third-order valence-electron chi connectivity index (χ3n) is 3.72. The third kappa shape index (κ3) is 2.32. The summed E-state index contributed by atoms with van der Waals surface area (Å²) >= 11 is 3.55. The Morgan fingerprint density at radius 3 is 2.89 bits per heavy atom. The molecule has 5 heteroatoms. The molecule has 1 aromatic heterocycles. The Balaban J connectivity index is 2.40. The molecule has 1 fully saturated rings. The van der Waals surface area contributed by atoms with Gasteiger partial charge in [0.25, 0.3) is 5.56 Å². The molecule has 0 spiro atoms. The zero-order valence-corrected chi connectivity index (χ0v) is 12.7. The van der Waals surface area contributed by atoms with Crippen molar-refractivity contribution in [3.63, 3.8) is 0 Å². The molecule has 1 aliphatic heterocycles. The Bertz CT molecular complexity index is 472. The normalized spacial score (nSPS) is 23.9. The molecule has 0 N–H and O–H groups in total. The summed E-state index contributed by atoms with van der Waals surface area (Å²) in [6, 6.07) is 0.537. The van der Waals surface area contributed by atoms with Crippen molar-refractivity contribution in [3.8, 4) is 0 Å². The van der Waals surface area contributed by atoms with Gasteiger partial charge >= 0.3 is 0 Å². The van der Waals surface area contributed by atoms with E-state index in [2.05, 4.69) is 32.7 Å². The Kier molecular flexibility index (Phi) is 4.10. The first-order valence-electron chi connectivity index (χ1n) is 6.46. The minimum Gasteiger partial charge on any atom is -0.348 e. The Morgan fingerprint density at radius 2 is 2.28 bits per heavy atom. The van der Waals surface area contributed by atoms with Gasteiger partial charge in [0.2, 0.25) is 0 Å². The molecule has 2 unspecified atom stereocenters. The minimum atomic E-state index is 0.0209. The van der Waals surface area contributed by atoms with Crippen molar-refractivity contribution in [1.82, 2.24) is 9.55 Å². The lowest BCUT2D eigenvalue weighted by Crippen LogP contribution is -2.39. The van der Waals surface area contributed by atoms with E-state index in [1.165, 1.54) is 0 Å². The van der Waals surface area contributed by atoms with Crippen molar-refractivity contribution in [2.24, 2.45) is 5.92 Å². The van der Waals surface area contributed by atoms with Crippen LogP contribution in [0.1, 0.15) is 33.2 Å².